The zero-order valence-corrected chi connectivity index (χ0v) is 25.5. The lowest BCUT2D eigenvalue weighted by Gasteiger charge is -2.45. The lowest BCUT2D eigenvalue weighted by atomic mass is 9.73. The van der Waals surface area contributed by atoms with Gasteiger partial charge in [-0.1, -0.05) is 44.2 Å². The first-order chi connectivity index (χ1) is 20.3. The molecule has 3 aliphatic rings. The molecule has 5 rings (SSSR count). The number of benzene rings is 1. The number of piperidine rings is 2. The number of nitrogens with one attached hydrogen (secondary N) is 2. The zero-order valence-electron chi connectivity index (χ0n) is 25.5. The molecule has 0 bridgehead atoms. The van der Waals surface area contributed by atoms with Crippen LogP contribution in [0.15, 0.2) is 24.3 Å². The highest BCUT2D eigenvalue weighted by atomic mass is 16.7. The van der Waals surface area contributed by atoms with Crippen molar-refractivity contribution in [1.82, 2.24) is 20.4 Å². The molecule has 3 fully saturated rings. The summed E-state index contributed by atoms with van der Waals surface area (Å²) in [6.07, 6.45) is 7.81. The van der Waals surface area contributed by atoms with Crippen LogP contribution in [-0.2, 0) is 11.2 Å². The van der Waals surface area contributed by atoms with Crippen molar-refractivity contribution in [2.75, 3.05) is 39.3 Å². The molecule has 232 valence electrons. The summed E-state index contributed by atoms with van der Waals surface area (Å²) in [6, 6.07) is 6.59. The van der Waals surface area contributed by atoms with Crippen LogP contribution in [0.25, 0.3) is 6.08 Å². The van der Waals surface area contributed by atoms with Crippen LogP contribution < -0.4 is 10.1 Å². The van der Waals surface area contributed by atoms with E-state index in [4.69, 9.17) is 9.47 Å². The van der Waals surface area contributed by atoms with E-state index in [9.17, 15) is 15.3 Å². The van der Waals surface area contributed by atoms with E-state index in [1.165, 1.54) is 68.6 Å². The smallest absolute Gasteiger partial charge is 0.238 e. The summed E-state index contributed by atoms with van der Waals surface area (Å²) in [5, 5.41) is 40.9. The minimum Gasteiger partial charge on any atom is -0.446 e. The minimum absolute atomic E-state index is 0.0944. The Bertz CT molecular complexity index is 1190. The Balaban J connectivity index is 1.20. The fourth-order valence-corrected chi connectivity index (χ4v) is 6.93. The summed E-state index contributed by atoms with van der Waals surface area (Å²) in [7, 11) is 0. The molecule has 1 aromatic carbocycles. The average molecular weight is 583 g/mol. The number of aromatic nitrogens is 2. The maximum atomic E-state index is 10.2. The van der Waals surface area contributed by atoms with Gasteiger partial charge in [-0.3, -0.25) is 5.10 Å². The molecule has 3 saturated heterocycles. The minimum atomic E-state index is -1.15. The molecule has 9 heteroatoms. The molecule has 4 atom stereocenters. The molecule has 0 saturated carbocycles. The Kier molecular flexibility index (Phi) is 10.4. The quantitative estimate of drug-likeness (QED) is 0.289. The van der Waals surface area contributed by atoms with Gasteiger partial charge >= 0.3 is 0 Å². The molecule has 0 aliphatic carbocycles. The van der Waals surface area contributed by atoms with E-state index in [0.717, 1.165) is 24.2 Å². The second-order valence-corrected chi connectivity index (χ2v) is 13.0. The summed E-state index contributed by atoms with van der Waals surface area (Å²) in [5.41, 5.74) is 6.09. The largest absolute Gasteiger partial charge is 0.446 e. The monoisotopic (exact) mass is 582 g/mol. The number of H-pyrrole nitrogens is 1. The van der Waals surface area contributed by atoms with Crippen LogP contribution in [0.4, 0.5) is 0 Å². The number of aliphatic hydroxyl groups is 3. The molecular weight excluding hydrogens is 532 g/mol. The molecule has 1 aromatic heterocycles. The van der Waals surface area contributed by atoms with Crippen molar-refractivity contribution in [3.63, 3.8) is 0 Å². The fraction of sp³-hybridized carbons (Fsp3) is 0.667. The second-order valence-electron chi connectivity index (χ2n) is 13.0. The van der Waals surface area contributed by atoms with E-state index in [1.807, 2.05) is 0 Å². The SMILES string of the molecule is Cc1cc(C=CCCN2CCCC3(CCNCC3)C2)ccc1Cc1c(OC2CC(O)C(O)C(CO)O2)n[nH]c1C(C)C. The van der Waals surface area contributed by atoms with Gasteiger partial charge in [-0.2, -0.15) is 0 Å². The van der Waals surface area contributed by atoms with Crippen molar-refractivity contribution >= 4 is 6.08 Å². The predicted octanol–water partition coefficient (Wildman–Crippen LogP) is 3.51. The fourth-order valence-electron chi connectivity index (χ4n) is 6.93. The van der Waals surface area contributed by atoms with Crippen LogP contribution >= 0.6 is 0 Å². The van der Waals surface area contributed by atoms with Crippen LogP contribution in [0.2, 0.25) is 0 Å². The maximum absolute atomic E-state index is 10.2. The molecule has 5 N–H and O–H groups in total. The third kappa shape index (κ3) is 7.44. The topological polar surface area (TPSA) is 123 Å². The number of aromatic amines is 1. The molecular formula is C33H50N4O5. The van der Waals surface area contributed by atoms with Crippen molar-refractivity contribution < 1.29 is 24.8 Å². The molecule has 0 radical (unpaired) electrons. The van der Waals surface area contributed by atoms with E-state index in [-0.39, 0.29) is 12.3 Å². The van der Waals surface area contributed by atoms with Crippen molar-refractivity contribution in [3.8, 4) is 5.88 Å². The van der Waals surface area contributed by atoms with Gasteiger partial charge in [0.25, 0.3) is 0 Å². The van der Waals surface area contributed by atoms with Crippen molar-refractivity contribution in [3.05, 3.63) is 52.2 Å². The molecule has 4 heterocycles. The Labute approximate surface area is 250 Å². The van der Waals surface area contributed by atoms with E-state index >= 15 is 0 Å². The highest BCUT2D eigenvalue weighted by Gasteiger charge is 2.38. The van der Waals surface area contributed by atoms with Crippen molar-refractivity contribution in [2.45, 2.75) is 96.2 Å². The first kappa shape index (κ1) is 31.2. The molecule has 9 nitrogen and oxygen atoms in total. The van der Waals surface area contributed by atoms with Crippen LogP contribution in [0.5, 0.6) is 5.88 Å². The first-order valence-corrected chi connectivity index (χ1v) is 15.8. The van der Waals surface area contributed by atoms with Gasteiger partial charge < -0.3 is 35.0 Å². The van der Waals surface area contributed by atoms with Gasteiger partial charge in [0, 0.05) is 37.2 Å². The summed E-state index contributed by atoms with van der Waals surface area (Å²) in [5.74, 6) is 0.637. The van der Waals surface area contributed by atoms with Gasteiger partial charge in [-0.05, 0) is 86.7 Å². The van der Waals surface area contributed by atoms with Gasteiger partial charge in [0.15, 0.2) is 0 Å². The van der Waals surface area contributed by atoms with Gasteiger partial charge in [-0.25, -0.2) is 0 Å². The van der Waals surface area contributed by atoms with Crippen LogP contribution in [-0.4, -0.2) is 94.3 Å². The van der Waals surface area contributed by atoms with E-state index in [1.54, 1.807) is 0 Å². The second kappa shape index (κ2) is 14.0. The molecule has 3 aliphatic heterocycles. The lowest BCUT2D eigenvalue weighted by Crippen LogP contribution is -2.51. The average Bonchev–Trinajstić information content (AvgIpc) is 3.37. The predicted molar refractivity (Wildman–Crippen MR) is 164 cm³/mol. The lowest BCUT2D eigenvalue weighted by molar-refractivity contribution is -0.230. The van der Waals surface area contributed by atoms with Gasteiger partial charge in [0.2, 0.25) is 12.2 Å². The number of ether oxygens (including phenoxy) is 2. The molecule has 42 heavy (non-hydrogen) atoms. The highest BCUT2D eigenvalue weighted by Crippen LogP contribution is 2.38. The van der Waals surface area contributed by atoms with Crippen molar-refractivity contribution in [2.24, 2.45) is 5.41 Å². The van der Waals surface area contributed by atoms with E-state index in [0.29, 0.717) is 17.7 Å². The van der Waals surface area contributed by atoms with Crippen LogP contribution in [0.1, 0.15) is 86.2 Å². The third-order valence-corrected chi connectivity index (χ3v) is 9.46. The van der Waals surface area contributed by atoms with Gasteiger partial charge in [0.1, 0.15) is 12.2 Å². The van der Waals surface area contributed by atoms with Gasteiger partial charge in [-0.15, -0.1) is 5.10 Å². The standard InChI is InChI=1S/C33H50N4O5/c1-22(2)30-26(32(36-35-30)42-29-19-27(39)31(40)28(20-38)41-29)18-25-9-8-24(17-23(25)3)7-4-5-15-37-16-6-10-33(21-37)11-13-34-14-12-33/h4,7-9,17,22,27-29,31,34,38-40H,5-6,10-16,18-21H2,1-3H3,(H,35,36). The summed E-state index contributed by atoms with van der Waals surface area (Å²) in [6.45, 7) is 11.9. The van der Waals surface area contributed by atoms with Crippen LogP contribution in [0.3, 0.4) is 0 Å². The van der Waals surface area contributed by atoms with E-state index < -0.39 is 31.2 Å². The molecule has 2 aromatic rings. The molecule has 1 spiro atoms. The van der Waals surface area contributed by atoms with Crippen molar-refractivity contribution in [1.29, 1.82) is 0 Å². The zero-order chi connectivity index (χ0) is 29.7. The Morgan fingerprint density at radius 3 is 2.76 bits per heavy atom. The molecule has 4 unspecified atom stereocenters. The first-order valence-electron chi connectivity index (χ1n) is 15.8. The number of hydrogen-bond acceptors (Lipinski definition) is 8. The number of likely N-dealkylation sites (tertiary alicyclic amines) is 1. The van der Waals surface area contributed by atoms with Gasteiger partial charge in [0.05, 0.1) is 12.7 Å². The number of aliphatic hydroxyl groups excluding tert-OH is 3. The Morgan fingerprint density at radius 2 is 2.02 bits per heavy atom. The summed E-state index contributed by atoms with van der Waals surface area (Å²) in [4.78, 5) is 2.68. The summed E-state index contributed by atoms with van der Waals surface area (Å²) >= 11 is 0. The van der Waals surface area contributed by atoms with Crippen LogP contribution in [0, 0.1) is 12.3 Å². The summed E-state index contributed by atoms with van der Waals surface area (Å²) < 4.78 is 11.8. The number of nitrogens with zero attached hydrogens (tertiary/aromatic N) is 2. The third-order valence-electron chi connectivity index (χ3n) is 9.46. The normalized spacial score (nSPS) is 26.8. The number of hydrogen-bond donors (Lipinski definition) is 5. The maximum Gasteiger partial charge on any atom is 0.238 e. The molecule has 0 amide bonds. The Hall–Kier alpha value is -2.27. The Morgan fingerprint density at radius 1 is 1.21 bits per heavy atom. The number of aryl methyl sites for hydroxylation is 1. The van der Waals surface area contributed by atoms with E-state index in [2.05, 4.69) is 71.5 Å². The number of rotatable bonds is 10. The highest BCUT2D eigenvalue weighted by molar-refractivity contribution is 5.52.